The highest BCUT2D eigenvalue weighted by molar-refractivity contribution is 7.89. The second-order valence-corrected chi connectivity index (χ2v) is 7.80. The molecule has 0 unspecified atom stereocenters. The van der Waals surface area contributed by atoms with E-state index in [9.17, 15) is 8.42 Å². The number of rotatable bonds is 4. The molecule has 2 heterocycles. The van der Waals surface area contributed by atoms with Gasteiger partial charge in [0.15, 0.2) is 0 Å². The number of nitrogens with zero attached hydrogens (tertiary/aromatic N) is 3. The van der Waals surface area contributed by atoms with Crippen molar-refractivity contribution in [1.29, 1.82) is 0 Å². The number of anilines is 1. The second-order valence-electron chi connectivity index (χ2n) is 5.80. The third-order valence-corrected chi connectivity index (χ3v) is 6.07. The van der Waals surface area contributed by atoms with E-state index >= 15 is 0 Å². The molecule has 2 rings (SSSR count). The van der Waals surface area contributed by atoms with Crippen LogP contribution in [0.1, 0.15) is 26.7 Å². The number of likely N-dealkylation sites (tertiary alicyclic amines) is 1. The van der Waals surface area contributed by atoms with Crippen molar-refractivity contribution in [2.75, 3.05) is 25.9 Å². The molecule has 118 valence electrons. The van der Waals surface area contributed by atoms with Crippen LogP contribution < -0.4 is 5.73 Å². The second kappa shape index (κ2) is 6.29. The maximum atomic E-state index is 12.6. The van der Waals surface area contributed by atoms with E-state index in [-0.39, 0.29) is 10.9 Å². The zero-order valence-corrected chi connectivity index (χ0v) is 13.7. The molecule has 0 aliphatic carbocycles. The first-order valence-corrected chi connectivity index (χ1v) is 8.70. The molecule has 7 heteroatoms. The van der Waals surface area contributed by atoms with Crippen molar-refractivity contribution in [2.45, 2.75) is 43.7 Å². The quantitative estimate of drug-likeness (QED) is 0.902. The molecular weight excluding hydrogens is 288 g/mol. The molecule has 0 amide bonds. The molecule has 0 bridgehead atoms. The standard InChI is InChI=1S/C14H24N4O2S/c1-11(2)18-8-6-12(7-9-18)17(3)21(19,20)13-4-5-14(15)16-10-13/h4-5,10-12H,6-9H2,1-3H3,(H2,15,16). The van der Waals surface area contributed by atoms with Crippen molar-refractivity contribution in [1.82, 2.24) is 14.2 Å². The van der Waals surface area contributed by atoms with Gasteiger partial charge in [-0.2, -0.15) is 4.31 Å². The highest BCUT2D eigenvalue weighted by Gasteiger charge is 2.31. The molecule has 1 fully saturated rings. The van der Waals surface area contributed by atoms with Gasteiger partial charge in [0.2, 0.25) is 10.0 Å². The predicted molar refractivity (Wildman–Crippen MR) is 83.3 cm³/mol. The van der Waals surface area contributed by atoms with Gasteiger partial charge in [-0.25, -0.2) is 13.4 Å². The summed E-state index contributed by atoms with van der Waals surface area (Å²) in [6.45, 7) is 6.20. The molecule has 1 aromatic rings. The largest absolute Gasteiger partial charge is 0.384 e. The zero-order chi connectivity index (χ0) is 15.6. The molecule has 1 saturated heterocycles. The van der Waals surface area contributed by atoms with Crippen molar-refractivity contribution in [2.24, 2.45) is 0 Å². The van der Waals surface area contributed by atoms with Crippen LogP contribution in [0.5, 0.6) is 0 Å². The Labute approximate surface area is 127 Å². The van der Waals surface area contributed by atoms with E-state index in [2.05, 4.69) is 23.7 Å². The Kier molecular flexibility index (Phi) is 4.85. The van der Waals surface area contributed by atoms with Crippen LogP contribution in [0.3, 0.4) is 0 Å². The lowest BCUT2D eigenvalue weighted by atomic mass is 10.0. The molecule has 2 N–H and O–H groups in total. The van der Waals surface area contributed by atoms with E-state index in [1.54, 1.807) is 7.05 Å². The Hall–Kier alpha value is -1.18. The Morgan fingerprint density at radius 1 is 1.33 bits per heavy atom. The van der Waals surface area contributed by atoms with Gasteiger partial charge in [-0.05, 0) is 51.9 Å². The van der Waals surface area contributed by atoms with Gasteiger partial charge < -0.3 is 10.6 Å². The average Bonchev–Trinajstić information content (AvgIpc) is 2.47. The van der Waals surface area contributed by atoms with Crippen LogP contribution in [-0.4, -0.2) is 54.8 Å². The minimum Gasteiger partial charge on any atom is -0.384 e. The summed E-state index contributed by atoms with van der Waals surface area (Å²) in [4.78, 5) is 6.45. The van der Waals surface area contributed by atoms with Crippen molar-refractivity contribution >= 4 is 15.8 Å². The van der Waals surface area contributed by atoms with Gasteiger partial charge in [0.05, 0.1) is 0 Å². The first-order valence-electron chi connectivity index (χ1n) is 7.26. The van der Waals surface area contributed by atoms with E-state index in [0.29, 0.717) is 11.9 Å². The number of hydrogen-bond donors (Lipinski definition) is 1. The van der Waals surface area contributed by atoms with Crippen LogP contribution in [0, 0.1) is 0 Å². The normalized spacial score (nSPS) is 18.5. The van der Waals surface area contributed by atoms with Crippen LogP contribution in [0.25, 0.3) is 0 Å². The molecular formula is C14H24N4O2S. The fourth-order valence-electron chi connectivity index (χ4n) is 2.67. The first kappa shape index (κ1) is 16.2. The average molecular weight is 312 g/mol. The lowest BCUT2D eigenvalue weighted by Gasteiger charge is -2.37. The van der Waals surface area contributed by atoms with Crippen LogP contribution in [-0.2, 0) is 10.0 Å². The van der Waals surface area contributed by atoms with Gasteiger partial charge in [0.1, 0.15) is 10.7 Å². The summed E-state index contributed by atoms with van der Waals surface area (Å²) in [5, 5.41) is 0. The monoisotopic (exact) mass is 312 g/mol. The van der Waals surface area contributed by atoms with Crippen molar-refractivity contribution in [3.05, 3.63) is 18.3 Å². The number of sulfonamides is 1. The third-order valence-electron chi connectivity index (χ3n) is 4.18. The maximum absolute atomic E-state index is 12.6. The van der Waals surface area contributed by atoms with Gasteiger partial charge in [-0.1, -0.05) is 0 Å². The summed E-state index contributed by atoms with van der Waals surface area (Å²) >= 11 is 0. The summed E-state index contributed by atoms with van der Waals surface area (Å²) in [7, 11) is -1.84. The Morgan fingerprint density at radius 3 is 2.43 bits per heavy atom. The van der Waals surface area contributed by atoms with Crippen molar-refractivity contribution < 1.29 is 8.42 Å². The van der Waals surface area contributed by atoms with Gasteiger partial charge in [0, 0.05) is 25.3 Å². The first-order chi connectivity index (χ1) is 9.82. The highest BCUT2D eigenvalue weighted by atomic mass is 32.2. The van der Waals surface area contributed by atoms with E-state index in [4.69, 9.17) is 5.73 Å². The van der Waals surface area contributed by atoms with Gasteiger partial charge >= 0.3 is 0 Å². The summed E-state index contributed by atoms with van der Waals surface area (Å²) in [6.07, 6.45) is 3.04. The van der Waals surface area contributed by atoms with Crippen molar-refractivity contribution in [3.8, 4) is 0 Å². The van der Waals surface area contributed by atoms with Gasteiger partial charge in [-0.3, -0.25) is 0 Å². The predicted octanol–water partition coefficient (Wildman–Crippen LogP) is 1.16. The number of nitrogens with two attached hydrogens (primary N) is 1. The van der Waals surface area contributed by atoms with E-state index in [0.717, 1.165) is 25.9 Å². The Morgan fingerprint density at radius 2 is 1.95 bits per heavy atom. The van der Waals surface area contributed by atoms with E-state index in [1.165, 1.54) is 22.6 Å². The third kappa shape index (κ3) is 3.53. The van der Waals surface area contributed by atoms with Crippen LogP contribution in [0.4, 0.5) is 5.82 Å². The summed E-state index contributed by atoms with van der Waals surface area (Å²) < 4.78 is 26.7. The molecule has 21 heavy (non-hydrogen) atoms. The minimum atomic E-state index is -3.50. The molecule has 1 aliphatic rings. The summed E-state index contributed by atoms with van der Waals surface area (Å²) in [5.74, 6) is 0.321. The molecule has 1 aliphatic heterocycles. The molecule has 0 aromatic carbocycles. The molecule has 0 atom stereocenters. The maximum Gasteiger partial charge on any atom is 0.244 e. The number of nitrogen functional groups attached to an aromatic ring is 1. The highest BCUT2D eigenvalue weighted by Crippen LogP contribution is 2.23. The number of pyridine rings is 1. The topological polar surface area (TPSA) is 79.5 Å². The van der Waals surface area contributed by atoms with Crippen molar-refractivity contribution in [3.63, 3.8) is 0 Å². The molecule has 0 saturated carbocycles. The fraction of sp³-hybridized carbons (Fsp3) is 0.643. The van der Waals surface area contributed by atoms with Gasteiger partial charge in [-0.15, -0.1) is 0 Å². The molecule has 1 aromatic heterocycles. The number of hydrogen-bond acceptors (Lipinski definition) is 5. The Bertz CT molecular complexity index is 563. The fourth-order valence-corrected chi connectivity index (χ4v) is 4.03. The summed E-state index contributed by atoms with van der Waals surface area (Å²) in [5.41, 5.74) is 5.51. The van der Waals surface area contributed by atoms with E-state index in [1.807, 2.05) is 0 Å². The number of aromatic nitrogens is 1. The van der Waals surface area contributed by atoms with Crippen LogP contribution >= 0.6 is 0 Å². The van der Waals surface area contributed by atoms with E-state index < -0.39 is 10.0 Å². The molecule has 0 spiro atoms. The summed E-state index contributed by atoms with van der Waals surface area (Å²) in [6, 6.07) is 3.58. The number of piperidine rings is 1. The molecule has 0 radical (unpaired) electrons. The smallest absolute Gasteiger partial charge is 0.244 e. The SMILES string of the molecule is CC(C)N1CCC(N(C)S(=O)(=O)c2ccc(N)nc2)CC1. The zero-order valence-electron chi connectivity index (χ0n) is 12.9. The van der Waals surface area contributed by atoms with Crippen LogP contribution in [0.2, 0.25) is 0 Å². The van der Waals surface area contributed by atoms with Crippen LogP contribution in [0.15, 0.2) is 23.2 Å². The minimum absolute atomic E-state index is 0.0440. The Balaban J connectivity index is 2.09. The lowest BCUT2D eigenvalue weighted by molar-refractivity contribution is 0.140. The van der Waals surface area contributed by atoms with Gasteiger partial charge in [0.25, 0.3) is 0 Å². The lowest BCUT2D eigenvalue weighted by Crippen LogP contribution is -2.47. The molecule has 6 nitrogen and oxygen atoms in total.